The Bertz CT molecular complexity index is 394. The molecule has 0 spiro atoms. The Morgan fingerprint density at radius 2 is 2.00 bits per heavy atom. The van der Waals surface area contributed by atoms with Crippen molar-refractivity contribution in [2.75, 3.05) is 0 Å². The van der Waals surface area contributed by atoms with Crippen LogP contribution in [0.3, 0.4) is 0 Å². The summed E-state index contributed by atoms with van der Waals surface area (Å²) in [6, 6.07) is 8.79. The molecule has 0 amide bonds. The SMILES string of the molecule is Cc1cccc(C2(C#N)CCC2)c1C. The molecule has 0 aliphatic heterocycles. The number of nitriles is 1. The van der Waals surface area contributed by atoms with Gasteiger partial charge in [0.25, 0.3) is 0 Å². The van der Waals surface area contributed by atoms with E-state index in [4.69, 9.17) is 0 Å². The van der Waals surface area contributed by atoms with Gasteiger partial charge in [-0.3, -0.25) is 0 Å². The number of hydrogen-bond acceptors (Lipinski definition) is 1. The summed E-state index contributed by atoms with van der Waals surface area (Å²) in [6.45, 7) is 4.24. The number of rotatable bonds is 1. The Balaban J connectivity index is 2.51. The summed E-state index contributed by atoms with van der Waals surface area (Å²) >= 11 is 0. The number of hydrogen-bond donors (Lipinski definition) is 0. The lowest BCUT2D eigenvalue weighted by Gasteiger charge is -2.37. The fraction of sp³-hybridized carbons (Fsp3) is 0.462. The largest absolute Gasteiger partial charge is 0.197 e. The molecule has 0 unspecified atom stereocenters. The molecule has 0 heterocycles. The molecule has 0 atom stereocenters. The average Bonchev–Trinajstić information content (AvgIpc) is 2.11. The quantitative estimate of drug-likeness (QED) is 0.658. The topological polar surface area (TPSA) is 23.8 Å². The van der Waals surface area contributed by atoms with Gasteiger partial charge >= 0.3 is 0 Å². The lowest BCUT2D eigenvalue weighted by atomic mass is 9.64. The van der Waals surface area contributed by atoms with Crippen LogP contribution in [0.4, 0.5) is 0 Å². The molecule has 1 heteroatoms. The standard InChI is InChI=1S/C13H15N/c1-10-5-3-6-12(11(10)2)13(9-14)7-4-8-13/h3,5-6H,4,7-8H2,1-2H3. The van der Waals surface area contributed by atoms with E-state index in [1.807, 2.05) is 0 Å². The molecule has 0 N–H and O–H groups in total. The molecule has 1 aromatic rings. The molecule has 0 aromatic heterocycles. The number of nitrogens with zero attached hydrogens (tertiary/aromatic N) is 1. The first-order valence-corrected chi connectivity index (χ1v) is 5.17. The van der Waals surface area contributed by atoms with Crippen molar-refractivity contribution in [3.8, 4) is 6.07 Å². The first-order valence-electron chi connectivity index (χ1n) is 5.17. The fourth-order valence-electron chi connectivity index (χ4n) is 2.24. The molecule has 0 bridgehead atoms. The minimum atomic E-state index is -0.157. The van der Waals surface area contributed by atoms with E-state index in [0.29, 0.717) is 0 Å². The van der Waals surface area contributed by atoms with Gasteiger partial charge in [0.15, 0.2) is 0 Å². The van der Waals surface area contributed by atoms with E-state index in [2.05, 4.69) is 38.1 Å². The third-order valence-corrected chi connectivity index (χ3v) is 3.54. The first-order chi connectivity index (χ1) is 6.69. The van der Waals surface area contributed by atoms with Crippen LogP contribution in [0.15, 0.2) is 18.2 Å². The van der Waals surface area contributed by atoms with E-state index in [0.717, 1.165) is 12.8 Å². The zero-order chi connectivity index (χ0) is 10.2. The molecule has 1 saturated carbocycles. The van der Waals surface area contributed by atoms with Gasteiger partial charge in [-0.2, -0.15) is 5.26 Å². The van der Waals surface area contributed by atoms with E-state index in [-0.39, 0.29) is 5.41 Å². The maximum Gasteiger partial charge on any atom is 0.0825 e. The van der Waals surface area contributed by atoms with Crippen LogP contribution < -0.4 is 0 Å². The highest BCUT2D eigenvalue weighted by Gasteiger charge is 2.39. The van der Waals surface area contributed by atoms with Gasteiger partial charge in [-0.1, -0.05) is 18.2 Å². The third kappa shape index (κ3) is 1.14. The van der Waals surface area contributed by atoms with Gasteiger partial charge < -0.3 is 0 Å². The van der Waals surface area contributed by atoms with Crippen LogP contribution in [0.25, 0.3) is 0 Å². The predicted octanol–water partition coefficient (Wildman–Crippen LogP) is 3.25. The second-order valence-corrected chi connectivity index (χ2v) is 4.29. The highest BCUT2D eigenvalue weighted by atomic mass is 14.4. The van der Waals surface area contributed by atoms with Gasteiger partial charge in [0.2, 0.25) is 0 Å². The predicted molar refractivity (Wildman–Crippen MR) is 57.1 cm³/mol. The van der Waals surface area contributed by atoms with Crippen LogP contribution in [-0.2, 0) is 5.41 Å². The van der Waals surface area contributed by atoms with Crippen molar-refractivity contribution >= 4 is 0 Å². The lowest BCUT2D eigenvalue weighted by Crippen LogP contribution is -2.33. The van der Waals surface area contributed by atoms with Gasteiger partial charge in [-0.05, 0) is 49.8 Å². The summed E-state index contributed by atoms with van der Waals surface area (Å²) in [4.78, 5) is 0. The zero-order valence-corrected chi connectivity index (χ0v) is 8.80. The molecule has 0 radical (unpaired) electrons. The molecule has 0 saturated heterocycles. The minimum Gasteiger partial charge on any atom is -0.197 e. The molecule has 1 nitrogen and oxygen atoms in total. The normalized spacial score (nSPS) is 18.4. The highest BCUT2D eigenvalue weighted by Crippen LogP contribution is 2.44. The fourth-order valence-corrected chi connectivity index (χ4v) is 2.24. The second-order valence-electron chi connectivity index (χ2n) is 4.29. The monoisotopic (exact) mass is 185 g/mol. The van der Waals surface area contributed by atoms with Crippen molar-refractivity contribution in [1.29, 1.82) is 5.26 Å². The summed E-state index contributed by atoms with van der Waals surface area (Å²) in [6.07, 6.45) is 3.27. The van der Waals surface area contributed by atoms with Gasteiger partial charge in [-0.15, -0.1) is 0 Å². The van der Waals surface area contributed by atoms with E-state index in [9.17, 15) is 5.26 Å². The van der Waals surface area contributed by atoms with E-state index in [1.165, 1.54) is 23.1 Å². The summed E-state index contributed by atoms with van der Waals surface area (Å²) in [5.74, 6) is 0. The van der Waals surface area contributed by atoms with Crippen molar-refractivity contribution in [3.63, 3.8) is 0 Å². The second kappa shape index (κ2) is 3.13. The Morgan fingerprint density at radius 3 is 2.50 bits per heavy atom. The number of benzene rings is 1. The van der Waals surface area contributed by atoms with E-state index < -0.39 is 0 Å². The molecular formula is C13H15N. The van der Waals surface area contributed by atoms with Crippen molar-refractivity contribution in [1.82, 2.24) is 0 Å². The van der Waals surface area contributed by atoms with Crippen LogP contribution in [0.5, 0.6) is 0 Å². The molecule has 2 rings (SSSR count). The Kier molecular flexibility index (Phi) is 2.07. The maximum absolute atomic E-state index is 9.26. The highest BCUT2D eigenvalue weighted by molar-refractivity contribution is 5.44. The molecule has 14 heavy (non-hydrogen) atoms. The summed E-state index contributed by atoms with van der Waals surface area (Å²) < 4.78 is 0. The van der Waals surface area contributed by atoms with Crippen LogP contribution in [0.1, 0.15) is 36.0 Å². The molecule has 1 aromatic carbocycles. The zero-order valence-electron chi connectivity index (χ0n) is 8.80. The van der Waals surface area contributed by atoms with Gasteiger partial charge in [-0.25, -0.2) is 0 Å². The lowest BCUT2D eigenvalue weighted by molar-refractivity contribution is 0.322. The Hall–Kier alpha value is -1.29. The van der Waals surface area contributed by atoms with Gasteiger partial charge in [0.05, 0.1) is 11.5 Å². The van der Waals surface area contributed by atoms with Crippen molar-refractivity contribution < 1.29 is 0 Å². The van der Waals surface area contributed by atoms with Crippen molar-refractivity contribution in [2.45, 2.75) is 38.5 Å². The molecule has 72 valence electrons. The number of aryl methyl sites for hydroxylation is 1. The average molecular weight is 185 g/mol. The summed E-state index contributed by atoms with van der Waals surface area (Å²) in [5, 5.41) is 9.26. The van der Waals surface area contributed by atoms with E-state index >= 15 is 0 Å². The smallest absolute Gasteiger partial charge is 0.0825 e. The molecular weight excluding hydrogens is 170 g/mol. The summed E-state index contributed by atoms with van der Waals surface area (Å²) in [7, 11) is 0. The molecule has 1 fully saturated rings. The van der Waals surface area contributed by atoms with E-state index in [1.54, 1.807) is 0 Å². The summed E-state index contributed by atoms with van der Waals surface area (Å²) in [5.41, 5.74) is 3.69. The molecule has 1 aliphatic rings. The Morgan fingerprint density at radius 1 is 1.29 bits per heavy atom. The van der Waals surface area contributed by atoms with Gasteiger partial charge in [0, 0.05) is 0 Å². The van der Waals surface area contributed by atoms with Crippen molar-refractivity contribution in [2.24, 2.45) is 0 Å². The van der Waals surface area contributed by atoms with Crippen LogP contribution in [0, 0.1) is 25.2 Å². The van der Waals surface area contributed by atoms with Gasteiger partial charge in [0.1, 0.15) is 0 Å². The minimum absolute atomic E-state index is 0.157. The van der Waals surface area contributed by atoms with Crippen LogP contribution in [0.2, 0.25) is 0 Å². The van der Waals surface area contributed by atoms with Crippen molar-refractivity contribution in [3.05, 3.63) is 34.9 Å². The van der Waals surface area contributed by atoms with Crippen LogP contribution >= 0.6 is 0 Å². The maximum atomic E-state index is 9.26. The molecule has 1 aliphatic carbocycles. The Labute approximate surface area is 85.4 Å². The third-order valence-electron chi connectivity index (χ3n) is 3.54. The van der Waals surface area contributed by atoms with Crippen LogP contribution in [-0.4, -0.2) is 0 Å². The first kappa shape index (κ1) is 9.27.